The van der Waals surface area contributed by atoms with Crippen LogP contribution >= 0.6 is 23.2 Å². The minimum Gasteiger partial charge on any atom is -0.368 e. The van der Waals surface area contributed by atoms with Crippen molar-refractivity contribution < 1.29 is 0 Å². The summed E-state index contributed by atoms with van der Waals surface area (Å²) >= 11 is 11.5. The largest absolute Gasteiger partial charge is 0.368 e. The lowest BCUT2D eigenvalue weighted by atomic mass is 10.6. The Balaban J connectivity index is 0.000000141. The highest BCUT2D eigenvalue weighted by Crippen LogP contribution is 2.18. The monoisotopic (exact) mass is 366 g/mol. The highest BCUT2D eigenvalue weighted by molar-refractivity contribution is 6.34. The molecule has 0 spiro atoms. The van der Waals surface area contributed by atoms with Gasteiger partial charge >= 0.3 is 0 Å². The van der Waals surface area contributed by atoms with Crippen LogP contribution < -0.4 is 11.5 Å². The van der Waals surface area contributed by atoms with E-state index < -0.39 is 0 Å². The molecule has 0 radical (unpaired) electrons. The Morgan fingerprint density at radius 2 is 1.04 bits per heavy atom. The van der Waals surface area contributed by atoms with Crippen LogP contribution in [0.1, 0.15) is 11.6 Å². The molecule has 4 aromatic heterocycles. The molecule has 12 heteroatoms. The molecule has 0 saturated heterocycles. The fraction of sp³-hybridized carbons (Fsp3) is 0.167. The van der Waals surface area contributed by atoms with E-state index in [9.17, 15) is 0 Å². The third-order valence-corrected chi connectivity index (χ3v) is 3.43. The maximum atomic E-state index is 5.77. The van der Waals surface area contributed by atoms with Crippen molar-refractivity contribution in [1.29, 1.82) is 0 Å². The van der Waals surface area contributed by atoms with E-state index >= 15 is 0 Å². The molecule has 0 aliphatic carbocycles. The molecule has 124 valence electrons. The summed E-state index contributed by atoms with van der Waals surface area (Å²) in [5.74, 6) is 1.76. The SMILES string of the molecule is Cc1nc2nc(N)nc(Cl)c2[nH]1.Cc1nc2nc(N)nc(Cl)c2[nH]1. The van der Waals surface area contributed by atoms with Gasteiger partial charge in [-0.05, 0) is 13.8 Å². The zero-order valence-corrected chi connectivity index (χ0v) is 14.1. The number of halogens is 2. The number of aryl methyl sites for hydroxylation is 2. The lowest BCUT2D eigenvalue weighted by Gasteiger charge is -1.92. The van der Waals surface area contributed by atoms with Gasteiger partial charge < -0.3 is 21.4 Å². The molecule has 24 heavy (non-hydrogen) atoms. The number of imidazole rings is 2. The van der Waals surface area contributed by atoms with Crippen molar-refractivity contribution in [3.63, 3.8) is 0 Å². The molecule has 4 heterocycles. The second-order valence-corrected chi connectivity index (χ2v) is 5.50. The third-order valence-electron chi connectivity index (χ3n) is 2.89. The fourth-order valence-corrected chi connectivity index (χ4v) is 2.43. The van der Waals surface area contributed by atoms with Crippen LogP contribution in [0.2, 0.25) is 10.3 Å². The van der Waals surface area contributed by atoms with E-state index in [0.717, 1.165) is 11.6 Å². The van der Waals surface area contributed by atoms with Gasteiger partial charge in [0.2, 0.25) is 11.9 Å². The molecule has 0 amide bonds. The number of nitrogens with zero attached hydrogens (tertiary/aromatic N) is 6. The van der Waals surface area contributed by atoms with Crippen molar-refractivity contribution in [3.05, 3.63) is 22.0 Å². The van der Waals surface area contributed by atoms with Crippen LogP contribution in [0, 0.1) is 13.8 Å². The lowest BCUT2D eigenvalue weighted by molar-refractivity contribution is 1.16. The predicted octanol–water partition coefficient (Wildman–Crippen LogP) is 1.79. The van der Waals surface area contributed by atoms with E-state index in [1.807, 2.05) is 13.8 Å². The number of fused-ring (bicyclic) bond motifs is 2. The number of hydrogen-bond donors (Lipinski definition) is 4. The van der Waals surface area contributed by atoms with Crippen LogP contribution in [0.5, 0.6) is 0 Å². The highest BCUT2D eigenvalue weighted by Gasteiger charge is 2.08. The summed E-state index contributed by atoms with van der Waals surface area (Å²) in [7, 11) is 0. The highest BCUT2D eigenvalue weighted by atomic mass is 35.5. The van der Waals surface area contributed by atoms with Crippen LogP contribution in [-0.4, -0.2) is 39.9 Å². The van der Waals surface area contributed by atoms with Gasteiger partial charge in [-0.15, -0.1) is 0 Å². The number of hydrogen-bond acceptors (Lipinski definition) is 8. The first-order valence-corrected chi connectivity index (χ1v) is 7.39. The summed E-state index contributed by atoms with van der Waals surface area (Å²) in [6, 6.07) is 0. The van der Waals surface area contributed by atoms with Crippen molar-refractivity contribution in [3.8, 4) is 0 Å². The Bertz CT molecular complexity index is 953. The Hall–Kier alpha value is -2.72. The molecule has 0 aliphatic heterocycles. The second-order valence-electron chi connectivity index (χ2n) is 4.79. The number of anilines is 2. The predicted molar refractivity (Wildman–Crippen MR) is 91.7 cm³/mol. The molecule has 0 fully saturated rings. The van der Waals surface area contributed by atoms with Gasteiger partial charge in [0, 0.05) is 0 Å². The Kier molecular flexibility index (Phi) is 4.08. The number of nitrogens with two attached hydrogens (primary N) is 2. The van der Waals surface area contributed by atoms with Crippen LogP contribution in [0.4, 0.5) is 11.9 Å². The topological polar surface area (TPSA) is 161 Å². The molecule has 0 bridgehead atoms. The smallest absolute Gasteiger partial charge is 0.223 e. The standard InChI is InChI=1S/2C6H6ClN5/c2*1-2-9-3-4(7)11-6(8)12-5(3)10-2/h2*1H3,(H3,8,9,10,11,12). The number of aromatic amines is 2. The minimum atomic E-state index is 0.138. The third kappa shape index (κ3) is 3.14. The van der Waals surface area contributed by atoms with Crippen LogP contribution in [-0.2, 0) is 0 Å². The number of aromatic nitrogens is 8. The normalized spacial score (nSPS) is 10.8. The Morgan fingerprint density at radius 3 is 1.42 bits per heavy atom. The summed E-state index contributed by atoms with van der Waals surface area (Å²) in [5.41, 5.74) is 13.0. The second kappa shape index (κ2) is 6.06. The van der Waals surface area contributed by atoms with Crippen molar-refractivity contribution in [2.45, 2.75) is 13.8 Å². The summed E-state index contributed by atoms with van der Waals surface area (Å²) in [6.07, 6.45) is 0. The van der Waals surface area contributed by atoms with Crippen molar-refractivity contribution >= 4 is 57.4 Å². The Morgan fingerprint density at radius 1 is 0.667 bits per heavy atom. The molecular weight excluding hydrogens is 355 g/mol. The zero-order chi connectivity index (χ0) is 17.4. The molecule has 4 rings (SSSR count). The van der Waals surface area contributed by atoms with Crippen LogP contribution in [0.3, 0.4) is 0 Å². The van der Waals surface area contributed by atoms with Gasteiger partial charge in [0.25, 0.3) is 0 Å². The van der Waals surface area contributed by atoms with Crippen LogP contribution in [0.15, 0.2) is 0 Å². The van der Waals surface area contributed by atoms with Crippen molar-refractivity contribution in [1.82, 2.24) is 39.9 Å². The number of nitrogen functional groups attached to an aromatic ring is 2. The summed E-state index contributed by atoms with van der Waals surface area (Å²) in [6.45, 7) is 3.63. The van der Waals surface area contributed by atoms with E-state index in [4.69, 9.17) is 34.7 Å². The molecule has 6 N–H and O–H groups in total. The molecule has 0 aromatic carbocycles. The van der Waals surface area contributed by atoms with Gasteiger partial charge in [0.05, 0.1) is 0 Å². The molecule has 4 aromatic rings. The number of rotatable bonds is 0. The van der Waals surface area contributed by atoms with Crippen molar-refractivity contribution in [2.24, 2.45) is 0 Å². The van der Waals surface area contributed by atoms with Gasteiger partial charge in [-0.2, -0.15) is 19.9 Å². The minimum absolute atomic E-state index is 0.138. The van der Waals surface area contributed by atoms with Crippen LogP contribution in [0.25, 0.3) is 22.3 Å². The van der Waals surface area contributed by atoms with E-state index in [1.54, 1.807) is 0 Å². The summed E-state index contributed by atoms with van der Waals surface area (Å²) in [4.78, 5) is 29.3. The van der Waals surface area contributed by atoms with E-state index in [1.165, 1.54) is 0 Å². The first-order chi connectivity index (χ1) is 11.3. The Labute approximate surface area is 145 Å². The first-order valence-electron chi connectivity index (χ1n) is 6.64. The quantitative estimate of drug-likeness (QED) is 0.342. The average molecular weight is 367 g/mol. The molecule has 10 nitrogen and oxygen atoms in total. The maximum absolute atomic E-state index is 5.77. The number of H-pyrrole nitrogens is 2. The average Bonchev–Trinajstić information content (AvgIpc) is 3.01. The lowest BCUT2D eigenvalue weighted by Crippen LogP contribution is -1.94. The molecule has 0 saturated carbocycles. The first kappa shape index (κ1) is 16.1. The maximum Gasteiger partial charge on any atom is 0.223 e. The van der Waals surface area contributed by atoms with Gasteiger partial charge in [0.1, 0.15) is 22.7 Å². The summed E-state index contributed by atoms with van der Waals surface area (Å²) < 4.78 is 0. The summed E-state index contributed by atoms with van der Waals surface area (Å²) in [5, 5.41) is 0.608. The van der Waals surface area contributed by atoms with E-state index in [-0.39, 0.29) is 11.9 Å². The van der Waals surface area contributed by atoms with Crippen molar-refractivity contribution in [2.75, 3.05) is 11.5 Å². The zero-order valence-electron chi connectivity index (χ0n) is 12.6. The van der Waals surface area contributed by atoms with E-state index in [2.05, 4.69) is 39.9 Å². The molecular formula is C12H12Cl2N10. The molecule has 0 unspecified atom stereocenters. The van der Waals surface area contributed by atoms with Gasteiger partial charge in [-0.3, -0.25) is 0 Å². The van der Waals surface area contributed by atoms with Gasteiger partial charge in [-0.1, -0.05) is 23.2 Å². The fourth-order valence-electron chi connectivity index (χ4n) is 1.99. The molecule has 0 atom stereocenters. The molecule has 0 aliphatic rings. The number of nitrogens with one attached hydrogen (secondary N) is 2. The van der Waals surface area contributed by atoms with Gasteiger partial charge in [-0.25, -0.2) is 9.97 Å². The van der Waals surface area contributed by atoms with Gasteiger partial charge in [0.15, 0.2) is 21.6 Å². The van der Waals surface area contributed by atoms with E-state index in [0.29, 0.717) is 32.6 Å².